The van der Waals surface area contributed by atoms with Crippen molar-refractivity contribution in [2.75, 3.05) is 37.4 Å². The van der Waals surface area contributed by atoms with Gasteiger partial charge in [0.1, 0.15) is 23.3 Å². The number of anilines is 2. The number of piperidine rings is 1. The van der Waals surface area contributed by atoms with Crippen LogP contribution in [-0.4, -0.2) is 59.2 Å². The summed E-state index contributed by atoms with van der Waals surface area (Å²) in [6.07, 6.45) is 3.35. The van der Waals surface area contributed by atoms with E-state index in [1.165, 1.54) is 6.42 Å². The van der Waals surface area contributed by atoms with Gasteiger partial charge in [0.25, 0.3) is 0 Å². The molecule has 1 fully saturated rings. The quantitative estimate of drug-likeness (QED) is 0.816. The van der Waals surface area contributed by atoms with Crippen LogP contribution in [0.2, 0.25) is 0 Å². The standard InChI is InChI=1S/C20H30N6O2/c1-13(2)17-11-16(24-28-17)15-12-18(23-20(22-15)25(4)5)21-14(3)19(27)26-9-7-6-8-10-26/h11-14H,6-10H2,1-5H3,(H,21,22,23). The second-order valence-corrected chi connectivity index (χ2v) is 7.85. The first-order chi connectivity index (χ1) is 13.3. The second-order valence-electron chi connectivity index (χ2n) is 7.85. The molecule has 0 radical (unpaired) electrons. The van der Waals surface area contributed by atoms with Gasteiger partial charge >= 0.3 is 0 Å². The number of amides is 1. The molecule has 1 aliphatic rings. The van der Waals surface area contributed by atoms with Gasteiger partial charge in [-0.25, -0.2) is 4.98 Å². The van der Waals surface area contributed by atoms with Gasteiger partial charge in [0.2, 0.25) is 11.9 Å². The third-order valence-corrected chi connectivity index (χ3v) is 4.88. The molecule has 8 nitrogen and oxygen atoms in total. The first-order valence-electron chi connectivity index (χ1n) is 9.94. The van der Waals surface area contributed by atoms with E-state index >= 15 is 0 Å². The van der Waals surface area contributed by atoms with Gasteiger partial charge in [0.05, 0.1) is 5.69 Å². The molecular formula is C20H30N6O2. The van der Waals surface area contributed by atoms with Crippen molar-refractivity contribution in [3.05, 3.63) is 17.9 Å². The summed E-state index contributed by atoms with van der Waals surface area (Å²) in [5.41, 5.74) is 1.32. The normalized spacial score (nSPS) is 15.6. The van der Waals surface area contributed by atoms with Gasteiger partial charge in [-0.15, -0.1) is 0 Å². The van der Waals surface area contributed by atoms with Gasteiger partial charge in [-0.2, -0.15) is 4.98 Å². The summed E-state index contributed by atoms with van der Waals surface area (Å²) in [5.74, 6) is 2.31. The lowest BCUT2D eigenvalue weighted by molar-refractivity contribution is -0.132. The van der Waals surface area contributed by atoms with Crippen LogP contribution in [0.25, 0.3) is 11.4 Å². The Labute approximate surface area is 166 Å². The topological polar surface area (TPSA) is 87.4 Å². The van der Waals surface area contributed by atoms with Crippen molar-refractivity contribution in [3.8, 4) is 11.4 Å². The number of carbonyl (C=O) groups excluding carboxylic acids is 1. The van der Waals surface area contributed by atoms with Gasteiger partial charge in [0, 0.05) is 45.2 Å². The molecule has 2 aromatic rings. The van der Waals surface area contributed by atoms with Crippen molar-refractivity contribution < 1.29 is 9.32 Å². The molecule has 3 rings (SSSR count). The van der Waals surface area contributed by atoms with Crippen LogP contribution in [0.5, 0.6) is 0 Å². The predicted octanol–water partition coefficient (Wildman–Crippen LogP) is 3.13. The Morgan fingerprint density at radius 2 is 1.82 bits per heavy atom. The summed E-state index contributed by atoms with van der Waals surface area (Å²) >= 11 is 0. The largest absolute Gasteiger partial charge is 0.360 e. The van der Waals surface area contributed by atoms with Crippen molar-refractivity contribution in [1.82, 2.24) is 20.0 Å². The zero-order valence-electron chi connectivity index (χ0n) is 17.4. The molecule has 1 atom stereocenters. The molecule has 1 saturated heterocycles. The van der Waals surface area contributed by atoms with Crippen LogP contribution in [0, 0.1) is 0 Å². The zero-order valence-corrected chi connectivity index (χ0v) is 17.4. The number of rotatable bonds is 6. The zero-order chi connectivity index (χ0) is 20.3. The number of hydrogen-bond acceptors (Lipinski definition) is 7. The van der Waals surface area contributed by atoms with E-state index in [2.05, 4.69) is 34.3 Å². The maximum Gasteiger partial charge on any atom is 0.244 e. The number of likely N-dealkylation sites (tertiary alicyclic amines) is 1. The van der Waals surface area contributed by atoms with Crippen molar-refractivity contribution in [2.24, 2.45) is 0 Å². The minimum Gasteiger partial charge on any atom is -0.360 e. The molecule has 1 amide bonds. The van der Waals surface area contributed by atoms with Crippen molar-refractivity contribution in [3.63, 3.8) is 0 Å². The predicted molar refractivity (Wildman–Crippen MR) is 109 cm³/mol. The Morgan fingerprint density at radius 1 is 1.11 bits per heavy atom. The maximum absolute atomic E-state index is 12.7. The first kappa shape index (κ1) is 20.1. The minimum absolute atomic E-state index is 0.106. The average Bonchev–Trinajstić information content (AvgIpc) is 3.18. The highest BCUT2D eigenvalue weighted by Gasteiger charge is 2.23. The molecule has 2 aromatic heterocycles. The highest BCUT2D eigenvalue weighted by atomic mass is 16.5. The molecule has 3 heterocycles. The summed E-state index contributed by atoms with van der Waals surface area (Å²) in [7, 11) is 3.76. The molecule has 28 heavy (non-hydrogen) atoms. The highest BCUT2D eigenvalue weighted by molar-refractivity contribution is 5.84. The molecule has 1 aliphatic heterocycles. The molecule has 0 aliphatic carbocycles. The van der Waals surface area contributed by atoms with E-state index in [0.29, 0.717) is 23.2 Å². The van der Waals surface area contributed by atoms with Crippen molar-refractivity contribution in [1.29, 1.82) is 0 Å². The Kier molecular flexibility index (Phi) is 6.16. The SMILES string of the molecule is CC(Nc1cc(-c2cc(C(C)C)on2)nc(N(C)C)n1)C(=O)N1CCCCC1. The summed E-state index contributed by atoms with van der Waals surface area (Å²) in [6.45, 7) is 7.65. The third-order valence-electron chi connectivity index (χ3n) is 4.88. The molecule has 0 bridgehead atoms. The Hall–Kier alpha value is -2.64. The Balaban J connectivity index is 1.83. The maximum atomic E-state index is 12.7. The smallest absolute Gasteiger partial charge is 0.244 e. The lowest BCUT2D eigenvalue weighted by Gasteiger charge is -2.29. The van der Waals surface area contributed by atoms with Crippen LogP contribution in [0.4, 0.5) is 11.8 Å². The first-order valence-corrected chi connectivity index (χ1v) is 9.94. The van der Waals surface area contributed by atoms with Crippen LogP contribution in [0.15, 0.2) is 16.7 Å². The Morgan fingerprint density at radius 3 is 2.43 bits per heavy atom. The molecule has 8 heteroatoms. The van der Waals surface area contributed by atoms with E-state index < -0.39 is 0 Å². The van der Waals surface area contributed by atoms with Gasteiger partial charge < -0.3 is 19.6 Å². The summed E-state index contributed by atoms with van der Waals surface area (Å²) in [5, 5.41) is 7.40. The molecule has 1 N–H and O–H groups in total. The molecular weight excluding hydrogens is 356 g/mol. The van der Waals surface area contributed by atoms with E-state index in [1.54, 1.807) is 0 Å². The van der Waals surface area contributed by atoms with Crippen LogP contribution in [0.1, 0.15) is 51.7 Å². The van der Waals surface area contributed by atoms with E-state index in [1.807, 2.05) is 43.0 Å². The fraction of sp³-hybridized carbons (Fsp3) is 0.600. The highest BCUT2D eigenvalue weighted by Crippen LogP contribution is 2.25. The van der Waals surface area contributed by atoms with Crippen LogP contribution in [-0.2, 0) is 4.79 Å². The number of aromatic nitrogens is 3. The number of nitrogens with one attached hydrogen (secondary N) is 1. The lowest BCUT2D eigenvalue weighted by atomic mass is 10.1. The average molecular weight is 387 g/mol. The minimum atomic E-state index is -0.362. The van der Waals surface area contributed by atoms with E-state index in [0.717, 1.165) is 31.7 Å². The molecule has 1 unspecified atom stereocenters. The second kappa shape index (κ2) is 8.58. The molecule has 0 spiro atoms. The lowest BCUT2D eigenvalue weighted by Crippen LogP contribution is -2.44. The number of hydrogen-bond donors (Lipinski definition) is 1. The van der Waals surface area contributed by atoms with Crippen LogP contribution >= 0.6 is 0 Å². The molecule has 0 aromatic carbocycles. The van der Waals surface area contributed by atoms with Crippen LogP contribution < -0.4 is 10.2 Å². The fourth-order valence-electron chi connectivity index (χ4n) is 3.19. The summed E-state index contributed by atoms with van der Waals surface area (Å²) in [4.78, 5) is 25.6. The monoisotopic (exact) mass is 386 g/mol. The van der Waals surface area contributed by atoms with E-state index in [4.69, 9.17) is 4.52 Å². The number of carbonyl (C=O) groups is 1. The van der Waals surface area contributed by atoms with Crippen LogP contribution in [0.3, 0.4) is 0 Å². The summed E-state index contributed by atoms with van der Waals surface area (Å²) < 4.78 is 5.41. The fourth-order valence-corrected chi connectivity index (χ4v) is 3.19. The summed E-state index contributed by atoms with van der Waals surface area (Å²) in [6, 6.07) is 3.35. The van der Waals surface area contributed by atoms with E-state index in [9.17, 15) is 4.79 Å². The van der Waals surface area contributed by atoms with Gasteiger partial charge in [-0.05, 0) is 26.2 Å². The molecule has 152 valence electrons. The van der Waals surface area contributed by atoms with E-state index in [-0.39, 0.29) is 17.9 Å². The van der Waals surface area contributed by atoms with Gasteiger partial charge in [0.15, 0.2) is 0 Å². The van der Waals surface area contributed by atoms with Crippen molar-refractivity contribution >= 4 is 17.7 Å². The third kappa shape index (κ3) is 4.61. The Bertz CT molecular complexity index is 811. The van der Waals surface area contributed by atoms with Gasteiger partial charge in [-0.1, -0.05) is 19.0 Å². The number of nitrogens with zero attached hydrogens (tertiary/aromatic N) is 5. The molecule has 0 saturated carbocycles. The van der Waals surface area contributed by atoms with Gasteiger partial charge in [-0.3, -0.25) is 4.79 Å². The van der Waals surface area contributed by atoms with Crippen molar-refractivity contribution in [2.45, 2.75) is 52.0 Å².